The van der Waals surface area contributed by atoms with Crippen LogP contribution in [-0.2, 0) is 0 Å². The Morgan fingerprint density at radius 1 is 1.23 bits per heavy atom. The number of rotatable bonds is 5. The molecule has 2 aromatic heterocycles. The zero-order valence-electron chi connectivity index (χ0n) is 14.1. The van der Waals surface area contributed by atoms with E-state index >= 15 is 0 Å². The van der Waals surface area contributed by atoms with Gasteiger partial charge in [0.15, 0.2) is 11.5 Å². The predicted molar refractivity (Wildman–Crippen MR) is 90.1 cm³/mol. The van der Waals surface area contributed by atoms with Crippen LogP contribution in [0.15, 0.2) is 39.3 Å². The number of carbonyl (C=O) groups is 1. The summed E-state index contributed by atoms with van der Waals surface area (Å²) in [7, 11) is 0. The maximum absolute atomic E-state index is 11.8. The molecule has 8 nitrogen and oxygen atoms in total. The molecule has 2 heterocycles. The van der Waals surface area contributed by atoms with Crippen LogP contribution in [0.4, 0.5) is 0 Å². The van der Waals surface area contributed by atoms with E-state index in [1.807, 2.05) is 30.3 Å². The topological polar surface area (TPSA) is 128 Å². The minimum absolute atomic E-state index is 0.0610. The SMILES string of the molecule is CC(O)c1nnc(C2CC(c3c(C(N)=O)noc3-c3ccccc3)C2)o1. The van der Waals surface area contributed by atoms with E-state index in [0.717, 1.165) is 11.1 Å². The van der Waals surface area contributed by atoms with E-state index in [9.17, 15) is 9.90 Å². The van der Waals surface area contributed by atoms with E-state index in [2.05, 4.69) is 15.4 Å². The summed E-state index contributed by atoms with van der Waals surface area (Å²) in [5.74, 6) is 0.790. The van der Waals surface area contributed by atoms with E-state index in [0.29, 0.717) is 24.5 Å². The number of aliphatic hydroxyl groups is 1. The van der Waals surface area contributed by atoms with Crippen LogP contribution >= 0.6 is 0 Å². The summed E-state index contributed by atoms with van der Waals surface area (Å²) in [4.78, 5) is 11.8. The molecule has 0 spiro atoms. The van der Waals surface area contributed by atoms with E-state index < -0.39 is 12.0 Å². The first-order valence-electron chi connectivity index (χ1n) is 8.40. The van der Waals surface area contributed by atoms with Crippen LogP contribution in [0.2, 0.25) is 0 Å². The number of aromatic nitrogens is 3. The number of benzene rings is 1. The van der Waals surface area contributed by atoms with Crippen molar-refractivity contribution in [1.29, 1.82) is 0 Å². The molecule has 0 saturated heterocycles. The van der Waals surface area contributed by atoms with Crippen molar-refractivity contribution < 1.29 is 18.8 Å². The van der Waals surface area contributed by atoms with Gasteiger partial charge in [-0.05, 0) is 25.7 Å². The number of amides is 1. The zero-order chi connectivity index (χ0) is 18.3. The largest absolute Gasteiger partial charge is 0.422 e. The number of primary amides is 1. The third-order valence-electron chi connectivity index (χ3n) is 4.71. The van der Waals surface area contributed by atoms with E-state index in [-0.39, 0.29) is 23.4 Å². The number of hydrogen-bond acceptors (Lipinski definition) is 7. The van der Waals surface area contributed by atoms with Crippen LogP contribution < -0.4 is 5.73 Å². The second-order valence-corrected chi connectivity index (χ2v) is 6.52. The zero-order valence-corrected chi connectivity index (χ0v) is 14.1. The molecule has 134 valence electrons. The Balaban J connectivity index is 1.60. The normalized spacial score (nSPS) is 20.5. The summed E-state index contributed by atoms with van der Waals surface area (Å²) in [5, 5.41) is 21.2. The van der Waals surface area contributed by atoms with Gasteiger partial charge in [-0.1, -0.05) is 35.5 Å². The third-order valence-corrected chi connectivity index (χ3v) is 4.71. The molecule has 0 radical (unpaired) electrons. The standard InChI is InChI=1S/C18H18N4O4/c1-9(23)17-20-21-18(25-17)12-7-11(8-12)13-14(16(19)24)22-26-15(13)10-5-3-2-4-6-10/h2-6,9,11-12,23H,7-8H2,1H3,(H2,19,24). The van der Waals surface area contributed by atoms with Gasteiger partial charge >= 0.3 is 0 Å². The second kappa shape index (κ2) is 6.38. The van der Waals surface area contributed by atoms with Gasteiger partial charge in [0.2, 0.25) is 11.8 Å². The maximum Gasteiger partial charge on any atom is 0.271 e. The highest BCUT2D eigenvalue weighted by atomic mass is 16.5. The lowest BCUT2D eigenvalue weighted by atomic mass is 9.70. The van der Waals surface area contributed by atoms with Crippen molar-refractivity contribution in [2.75, 3.05) is 0 Å². The monoisotopic (exact) mass is 354 g/mol. The van der Waals surface area contributed by atoms with E-state index in [1.165, 1.54) is 0 Å². The van der Waals surface area contributed by atoms with Gasteiger partial charge in [-0.15, -0.1) is 10.2 Å². The molecule has 1 unspecified atom stereocenters. The number of hydrogen-bond donors (Lipinski definition) is 2. The van der Waals surface area contributed by atoms with Gasteiger partial charge in [0.25, 0.3) is 5.91 Å². The number of nitrogens with two attached hydrogens (primary N) is 1. The van der Waals surface area contributed by atoms with Gasteiger partial charge in [-0.2, -0.15) is 0 Å². The second-order valence-electron chi connectivity index (χ2n) is 6.52. The fourth-order valence-corrected chi connectivity index (χ4v) is 3.29. The van der Waals surface area contributed by atoms with Crippen molar-refractivity contribution in [2.24, 2.45) is 5.73 Å². The molecule has 4 rings (SSSR count). The molecule has 1 aromatic carbocycles. The fraction of sp³-hybridized carbons (Fsp3) is 0.333. The molecule has 3 N–H and O–H groups in total. The summed E-state index contributed by atoms with van der Waals surface area (Å²) < 4.78 is 10.9. The molecule has 1 amide bonds. The van der Waals surface area contributed by atoms with Gasteiger partial charge in [-0.3, -0.25) is 4.79 Å². The van der Waals surface area contributed by atoms with Crippen molar-refractivity contribution >= 4 is 5.91 Å². The summed E-state index contributed by atoms with van der Waals surface area (Å²) >= 11 is 0. The molecule has 1 atom stereocenters. The molecule has 0 bridgehead atoms. The highest BCUT2D eigenvalue weighted by Gasteiger charge is 2.40. The highest BCUT2D eigenvalue weighted by molar-refractivity contribution is 5.94. The lowest BCUT2D eigenvalue weighted by Crippen LogP contribution is -2.24. The summed E-state index contributed by atoms with van der Waals surface area (Å²) in [6.45, 7) is 1.57. The molecule has 1 aliphatic rings. The van der Waals surface area contributed by atoms with E-state index in [1.54, 1.807) is 6.92 Å². The van der Waals surface area contributed by atoms with Crippen LogP contribution in [0, 0.1) is 0 Å². The quantitative estimate of drug-likeness (QED) is 0.720. The van der Waals surface area contributed by atoms with Crippen LogP contribution in [0.3, 0.4) is 0 Å². The lowest BCUT2D eigenvalue weighted by molar-refractivity contribution is 0.0989. The fourth-order valence-electron chi connectivity index (χ4n) is 3.29. The van der Waals surface area contributed by atoms with Gasteiger partial charge in [0.1, 0.15) is 6.10 Å². The smallest absolute Gasteiger partial charge is 0.271 e. The Labute approximate surface area is 149 Å². The molecule has 8 heteroatoms. The number of nitrogens with zero attached hydrogens (tertiary/aromatic N) is 3. The lowest BCUT2D eigenvalue weighted by Gasteiger charge is -2.33. The Morgan fingerprint density at radius 2 is 1.96 bits per heavy atom. The number of carbonyl (C=O) groups excluding carboxylic acids is 1. The summed E-state index contributed by atoms with van der Waals surface area (Å²) in [6, 6.07) is 9.50. The van der Waals surface area contributed by atoms with Crippen LogP contribution in [-0.4, -0.2) is 26.4 Å². The molecular formula is C18H18N4O4. The van der Waals surface area contributed by atoms with Gasteiger partial charge in [0.05, 0.1) is 0 Å². The van der Waals surface area contributed by atoms with E-state index in [4.69, 9.17) is 14.7 Å². The van der Waals surface area contributed by atoms with Gasteiger partial charge < -0.3 is 19.8 Å². The Bertz CT molecular complexity index is 926. The van der Waals surface area contributed by atoms with Crippen LogP contribution in [0.1, 0.15) is 65.5 Å². The summed E-state index contributed by atoms with van der Waals surface area (Å²) in [6.07, 6.45) is 0.627. The van der Waals surface area contributed by atoms with Crippen molar-refractivity contribution in [3.05, 3.63) is 53.4 Å². The maximum atomic E-state index is 11.8. The van der Waals surface area contributed by atoms with Gasteiger partial charge in [0, 0.05) is 17.0 Å². The average molecular weight is 354 g/mol. The number of aliphatic hydroxyl groups excluding tert-OH is 1. The van der Waals surface area contributed by atoms with Crippen molar-refractivity contribution in [1.82, 2.24) is 15.4 Å². The van der Waals surface area contributed by atoms with Crippen molar-refractivity contribution in [2.45, 2.75) is 37.7 Å². The highest BCUT2D eigenvalue weighted by Crippen LogP contribution is 2.50. The van der Waals surface area contributed by atoms with Crippen LogP contribution in [0.25, 0.3) is 11.3 Å². The average Bonchev–Trinajstić information content (AvgIpc) is 3.22. The Hall–Kier alpha value is -3.00. The molecular weight excluding hydrogens is 336 g/mol. The Morgan fingerprint density at radius 3 is 2.58 bits per heavy atom. The van der Waals surface area contributed by atoms with Crippen molar-refractivity contribution in [3.8, 4) is 11.3 Å². The first-order valence-corrected chi connectivity index (χ1v) is 8.40. The Kier molecular flexibility index (Phi) is 4.04. The first kappa shape index (κ1) is 16.5. The minimum atomic E-state index is -0.795. The van der Waals surface area contributed by atoms with Crippen molar-refractivity contribution in [3.63, 3.8) is 0 Å². The third kappa shape index (κ3) is 2.78. The molecule has 3 aromatic rings. The minimum Gasteiger partial charge on any atom is -0.422 e. The molecule has 0 aliphatic heterocycles. The molecule has 1 fully saturated rings. The summed E-state index contributed by atoms with van der Waals surface area (Å²) in [5.41, 5.74) is 7.22. The first-order chi connectivity index (χ1) is 12.5. The molecule has 1 aliphatic carbocycles. The van der Waals surface area contributed by atoms with Crippen LogP contribution in [0.5, 0.6) is 0 Å². The predicted octanol–water partition coefficient (Wildman–Crippen LogP) is 2.54. The molecule has 26 heavy (non-hydrogen) atoms. The van der Waals surface area contributed by atoms with Gasteiger partial charge in [-0.25, -0.2) is 0 Å². The molecule has 1 saturated carbocycles.